The van der Waals surface area contributed by atoms with E-state index in [1.54, 1.807) is 13.2 Å². The molecule has 3 aromatic rings. The van der Waals surface area contributed by atoms with E-state index in [4.69, 9.17) is 14.5 Å². The third-order valence-electron chi connectivity index (χ3n) is 8.28. The largest absolute Gasteiger partial charge is 0.493 e. The summed E-state index contributed by atoms with van der Waals surface area (Å²) in [6.07, 6.45) is 9.91. The first-order valence-electron chi connectivity index (χ1n) is 15.3. The van der Waals surface area contributed by atoms with E-state index in [1.807, 2.05) is 46.0 Å². The van der Waals surface area contributed by atoms with Crippen molar-refractivity contribution in [2.24, 2.45) is 5.92 Å². The van der Waals surface area contributed by atoms with E-state index in [-0.39, 0.29) is 42.2 Å². The van der Waals surface area contributed by atoms with Gasteiger partial charge in [0.2, 0.25) is 11.9 Å². The Labute approximate surface area is 258 Å². The number of likely N-dealkylation sites (N-methyl/N-ethyl adjacent to an activating group) is 1. The fraction of sp³-hybridized carbons (Fsp3) is 0.548. The van der Waals surface area contributed by atoms with Gasteiger partial charge in [-0.25, -0.2) is 13.4 Å². The molecule has 238 valence electrons. The Kier molecular flexibility index (Phi) is 10.4. The summed E-state index contributed by atoms with van der Waals surface area (Å²) in [5.41, 5.74) is 0.925. The Morgan fingerprint density at radius 1 is 1.05 bits per heavy atom. The monoisotopic (exact) mass is 626 g/mol. The van der Waals surface area contributed by atoms with Crippen LogP contribution in [0.3, 0.4) is 0 Å². The minimum atomic E-state index is -3.02. The summed E-state index contributed by atoms with van der Waals surface area (Å²) in [5.74, 6) is 2.02. The topological polar surface area (TPSA) is 145 Å². The summed E-state index contributed by atoms with van der Waals surface area (Å²) in [4.78, 5) is 36.1. The highest BCUT2D eigenvalue weighted by molar-refractivity contribution is 7.90. The number of piperidine rings is 1. The maximum Gasteiger partial charge on any atom is 0.320 e. The zero-order valence-electron chi connectivity index (χ0n) is 25.4. The summed E-state index contributed by atoms with van der Waals surface area (Å²) in [6.45, 7) is 1.77. The first-order valence-corrected chi connectivity index (χ1v) is 17.4. The van der Waals surface area contributed by atoms with Crippen LogP contribution in [0.1, 0.15) is 44.9 Å². The molecule has 1 aromatic carbocycles. The van der Waals surface area contributed by atoms with Crippen molar-refractivity contribution in [2.75, 3.05) is 50.6 Å². The zero-order valence-corrected chi connectivity index (χ0v) is 26.2. The highest BCUT2D eigenvalue weighted by Gasteiger charge is 2.32. The number of rotatable bonds is 12. The number of fused-ring (bicyclic) bond motifs is 1. The summed E-state index contributed by atoms with van der Waals surface area (Å²) >= 11 is 0. The zero-order chi connectivity index (χ0) is 31.1. The van der Waals surface area contributed by atoms with E-state index in [2.05, 4.69) is 15.6 Å². The van der Waals surface area contributed by atoms with Crippen LogP contribution >= 0.6 is 0 Å². The summed E-state index contributed by atoms with van der Waals surface area (Å²) < 4.78 is 36.2. The van der Waals surface area contributed by atoms with Crippen LogP contribution in [0.2, 0.25) is 0 Å². The van der Waals surface area contributed by atoms with Crippen LogP contribution in [0.15, 0.2) is 42.7 Å². The Bertz CT molecular complexity index is 1540. The second-order valence-electron chi connectivity index (χ2n) is 11.7. The van der Waals surface area contributed by atoms with Gasteiger partial charge in [0.25, 0.3) is 0 Å². The van der Waals surface area contributed by atoms with Gasteiger partial charge < -0.3 is 29.6 Å². The van der Waals surface area contributed by atoms with Gasteiger partial charge in [0.1, 0.15) is 27.5 Å². The smallest absolute Gasteiger partial charge is 0.320 e. The van der Waals surface area contributed by atoms with Gasteiger partial charge in [0.05, 0.1) is 24.4 Å². The number of nitrogens with zero attached hydrogens (tertiary/aromatic N) is 4. The number of ether oxygens (including phenoxy) is 2. The average molecular weight is 627 g/mol. The molecular weight excluding hydrogens is 584 g/mol. The highest BCUT2D eigenvalue weighted by Crippen LogP contribution is 2.30. The normalized spacial score (nSPS) is 19.5. The molecule has 1 aliphatic heterocycles. The number of benzene rings is 1. The van der Waals surface area contributed by atoms with Gasteiger partial charge >= 0.3 is 5.97 Å². The molecule has 0 atom stereocenters. The van der Waals surface area contributed by atoms with Crippen molar-refractivity contribution >= 4 is 38.6 Å². The fourth-order valence-electron chi connectivity index (χ4n) is 6.01. The number of nitrogens with one attached hydrogen (secondary N) is 2. The van der Waals surface area contributed by atoms with Crippen LogP contribution in [-0.4, -0.2) is 97.2 Å². The highest BCUT2D eigenvalue weighted by atomic mass is 32.2. The van der Waals surface area contributed by atoms with Crippen LogP contribution in [0.5, 0.6) is 5.75 Å². The van der Waals surface area contributed by atoms with Crippen molar-refractivity contribution in [3.8, 4) is 11.6 Å². The van der Waals surface area contributed by atoms with Gasteiger partial charge in [-0.3, -0.25) is 9.59 Å². The maximum atomic E-state index is 13.2. The molecule has 0 spiro atoms. The fourth-order valence-corrected chi connectivity index (χ4v) is 6.65. The quantitative estimate of drug-likeness (QED) is 0.227. The lowest BCUT2D eigenvalue weighted by molar-refractivity contribution is -0.151. The number of sulfone groups is 1. The van der Waals surface area contributed by atoms with Crippen molar-refractivity contribution in [2.45, 2.75) is 57.1 Å². The van der Waals surface area contributed by atoms with Crippen molar-refractivity contribution in [3.05, 3.63) is 42.7 Å². The molecule has 1 saturated heterocycles. The van der Waals surface area contributed by atoms with Gasteiger partial charge in [0.15, 0.2) is 0 Å². The van der Waals surface area contributed by atoms with E-state index >= 15 is 0 Å². The molecule has 0 bridgehead atoms. The lowest BCUT2D eigenvalue weighted by Gasteiger charge is -2.36. The van der Waals surface area contributed by atoms with E-state index in [1.165, 1.54) is 6.26 Å². The Morgan fingerprint density at radius 2 is 1.82 bits per heavy atom. The Morgan fingerprint density at radius 3 is 2.55 bits per heavy atom. The van der Waals surface area contributed by atoms with Crippen LogP contribution in [0.4, 0.5) is 5.95 Å². The molecule has 0 radical (unpaired) electrons. The van der Waals surface area contributed by atoms with Crippen molar-refractivity contribution < 1.29 is 27.5 Å². The number of carbonyl (C=O) groups excluding carboxylic acids is 2. The molecule has 2 aromatic heterocycles. The van der Waals surface area contributed by atoms with Gasteiger partial charge in [0, 0.05) is 61.9 Å². The first-order chi connectivity index (χ1) is 21.2. The Balaban J connectivity index is 1.13. The van der Waals surface area contributed by atoms with Crippen molar-refractivity contribution in [3.63, 3.8) is 0 Å². The minimum absolute atomic E-state index is 0.0118. The third kappa shape index (κ3) is 8.26. The predicted molar refractivity (Wildman–Crippen MR) is 168 cm³/mol. The standard InChI is InChI=1S/C31H42N6O6S/c1-32-21-29(38)43-24-12-16-36(17-13-24)30(39)22-7-9-23(10-8-22)34-31-33-15-11-28(35-31)37-18-14-25-26(37)5-3-6-27(25)42-19-4-20-44(2,40)41/h3,5-6,11,14-15,18,22-24,32H,4,7-10,12-13,16-17,19-21H2,1-2H3,(H,33,34,35)/t22-,23-. The molecule has 3 heterocycles. The summed E-state index contributed by atoms with van der Waals surface area (Å²) in [7, 11) is -1.31. The van der Waals surface area contributed by atoms with Gasteiger partial charge in [-0.05, 0) is 63.4 Å². The molecule has 1 aliphatic carbocycles. The van der Waals surface area contributed by atoms with Crippen LogP contribution in [-0.2, 0) is 24.2 Å². The van der Waals surface area contributed by atoms with Gasteiger partial charge in [-0.2, -0.15) is 4.98 Å². The lowest BCUT2D eigenvalue weighted by atomic mass is 9.85. The molecule has 1 saturated carbocycles. The van der Waals surface area contributed by atoms with E-state index in [0.29, 0.717) is 50.7 Å². The predicted octanol–water partition coefficient (Wildman–Crippen LogP) is 2.96. The van der Waals surface area contributed by atoms with Crippen LogP contribution in [0, 0.1) is 5.92 Å². The summed E-state index contributed by atoms with van der Waals surface area (Å²) in [5, 5.41) is 7.20. The lowest BCUT2D eigenvalue weighted by Crippen LogP contribution is -2.45. The van der Waals surface area contributed by atoms with E-state index < -0.39 is 9.84 Å². The average Bonchev–Trinajstić information content (AvgIpc) is 3.45. The molecule has 2 N–H and O–H groups in total. The second-order valence-corrected chi connectivity index (χ2v) is 13.9. The number of hydrogen-bond donors (Lipinski definition) is 2. The summed E-state index contributed by atoms with van der Waals surface area (Å²) in [6, 6.07) is 9.78. The third-order valence-corrected chi connectivity index (χ3v) is 9.31. The van der Waals surface area contributed by atoms with Crippen molar-refractivity contribution in [1.29, 1.82) is 0 Å². The minimum Gasteiger partial charge on any atom is -0.493 e. The van der Waals surface area contributed by atoms with E-state index in [0.717, 1.165) is 42.4 Å². The molecule has 1 amide bonds. The van der Waals surface area contributed by atoms with Gasteiger partial charge in [-0.15, -0.1) is 0 Å². The number of anilines is 1. The molecule has 2 fully saturated rings. The van der Waals surface area contributed by atoms with Crippen molar-refractivity contribution in [1.82, 2.24) is 24.8 Å². The first kappa shape index (κ1) is 31.7. The molecular formula is C31H42N6O6S. The SMILES string of the molecule is CNCC(=O)OC1CCN(C(=O)[C@H]2CC[C@H](Nc3nccc(-n4ccc5c(OCCCS(C)(=O)=O)cccc54)n3)CC2)CC1. The number of hydrogen-bond acceptors (Lipinski definition) is 10. The molecule has 13 heteroatoms. The number of aromatic nitrogens is 3. The van der Waals surface area contributed by atoms with Gasteiger partial charge in [-0.1, -0.05) is 6.07 Å². The van der Waals surface area contributed by atoms with E-state index in [9.17, 15) is 18.0 Å². The number of carbonyl (C=O) groups is 2. The molecule has 44 heavy (non-hydrogen) atoms. The maximum absolute atomic E-state index is 13.2. The number of amides is 1. The Hall–Kier alpha value is -3.71. The molecule has 12 nitrogen and oxygen atoms in total. The second kappa shape index (κ2) is 14.4. The van der Waals surface area contributed by atoms with Crippen LogP contribution in [0.25, 0.3) is 16.7 Å². The molecule has 2 aliphatic rings. The van der Waals surface area contributed by atoms with Crippen LogP contribution < -0.4 is 15.4 Å². The number of esters is 1. The molecule has 0 unspecified atom stereocenters. The number of likely N-dealkylation sites (tertiary alicyclic amines) is 1. The molecule has 5 rings (SSSR count).